The highest BCUT2D eigenvalue weighted by Crippen LogP contribution is 2.21. The summed E-state index contributed by atoms with van der Waals surface area (Å²) in [6.07, 6.45) is 10.7. The van der Waals surface area contributed by atoms with Gasteiger partial charge in [0.2, 0.25) is 5.91 Å². The first-order valence-electron chi connectivity index (χ1n) is 12.8. The third-order valence-electron chi connectivity index (χ3n) is 6.15. The van der Waals surface area contributed by atoms with Crippen LogP contribution in [0, 0.1) is 0 Å². The summed E-state index contributed by atoms with van der Waals surface area (Å²) in [7, 11) is 3.91. The second-order valence-electron chi connectivity index (χ2n) is 10.4. The van der Waals surface area contributed by atoms with Gasteiger partial charge in [0.15, 0.2) is 6.10 Å². The minimum absolute atomic E-state index is 0.0874. The lowest BCUT2D eigenvalue weighted by Gasteiger charge is -2.33. The van der Waals surface area contributed by atoms with Crippen LogP contribution in [0.2, 0.25) is 0 Å². The van der Waals surface area contributed by atoms with E-state index in [1.165, 1.54) is 16.2 Å². The molecule has 9 heteroatoms. The van der Waals surface area contributed by atoms with Crippen molar-refractivity contribution in [3.63, 3.8) is 0 Å². The van der Waals surface area contributed by atoms with E-state index >= 15 is 0 Å². The molecule has 0 spiro atoms. The molecule has 1 fully saturated rings. The first-order chi connectivity index (χ1) is 17.0. The number of carbonyl (C=O) groups is 3. The molecule has 0 aromatic heterocycles. The summed E-state index contributed by atoms with van der Waals surface area (Å²) in [4.78, 5) is 42.0. The lowest BCUT2D eigenvalue weighted by atomic mass is 10.1. The van der Waals surface area contributed by atoms with Crippen LogP contribution in [0.1, 0.15) is 53.4 Å². The van der Waals surface area contributed by atoms with E-state index in [1.807, 2.05) is 40.0 Å². The molecule has 202 valence electrons. The van der Waals surface area contributed by atoms with Crippen molar-refractivity contribution in [3.05, 3.63) is 35.6 Å². The van der Waals surface area contributed by atoms with E-state index in [4.69, 9.17) is 9.47 Å². The van der Waals surface area contributed by atoms with Crippen LogP contribution in [0.5, 0.6) is 0 Å². The normalized spacial score (nSPS) is 18.1. The molecule has 0 saturated carbocycles. The number of likely N-dealkylation sites (N-methyl/N-ethyl adjacent to an activating group) is 1. The minimum Gasteiger partial charge on any atom is -0.444 e. The fourth-order valence-electron chi connectivity index (χ4n) is 4.01. The van der Waals surface area contributed by atoms with Crippen LogP contribution in [0.15, 0.2) is 35.6 Å². The standard InChI is InChI=1S/C27H44N4O5/c1-21(32)29(5)16-10-11-17-30(6)23-13-9-7-8-12-22(23)14-15-28-25(33)24-20-31(18-19-35-24)26(34)36-27(2,3)4/h7-9,13,24H,10-12,14-20H2,1-6H3,(H,28,33)/t24-/m0/s1. The number of unbranched alkanes of at least 4 members (excludes halogenated alkanes) is 1. The van der Waals surface area contributed by atoms with Crippen LogP contribution in [-0.2, 0) is 19.1 Å². The topological polar surface area (TPSA) is 91.4 Å². The Morgan fingerprint density at radius 2 is 1.89 bits per heavy atom. The molecule has 1 aliphatic carbocycles. The second-order valence-corrected chi connectivity index (χ2v) is 10.4. The van der Waals surface area contributed by atoms with Crippen molar-refractivity contribution in [1.82, 2.24) is 20.0 Å². The number of hydrogen-bond acceptors (Lipinski definition) is 6. The third kappa shape index (κ3) is 10.0. The molecule has 0 unspecified atom stereocenters. The zero-order valence-electron chi connectivity index (χ0n) is 22.8. The molecule has 2 rings (SSSR count). The monoisotopic (exact) mass is 504 g/mol. The number of allylic oxidation sites excluding steroid dienone is 4. The molecule has 0 radical (unpaired) electrons. The Kier molecular flexibility index (Phi) is 11.5. The van der Waals surface area contributed by atoms with Crippen molar-refractivity contribution < 1.29 is 23.9 Å². The Labute approximate surface area is 216 Å². The van der Waals surface area contributed by atoms with E-state index < -0.39 is 17.8 Å². The lowest BCUT2D eigenvalue weighted by Crippen LogP contribution is -2.52. The van der Waals surface area contributed by atoms with E-state index in [0.29, 0.717) is 19.7 Å². The molecule has 0 bridgehead atoms. The zero-order valence-corrected chi connectivity index (χ0v) is 22.8. The minimum atomic E-state index is -0.704. The Balaban J connectivity index is 1.86. The first-order valence-corrected chi connectivity index (χ1v) is 12.8. The average Bonchev–Trinajstić information content (AvgIpc) is 3.06. The van der Waals surface area contributed by atoms with Gasteiger partial charge in [-0.1, -0.05) is 18.2 Å². The summed E-state index contributed by atoms with van der Waals surface area (Å²) in [5, 5.41) is 2.98. The molecular formula is C27H44N4O5. The molecular weight excluding hydrogens is 460 g/mol. The predicted molar refractivity (Wildman–Crippen MR) is 140 cm³/mol. The second kappa shape index (κ2) is 14.1. The van der Waals surface area contributed by atoms with Crippen LogP contribution >= 0.6 is 0 Å². The molecule has 0 aromatic rings. The van der Waals surface area contributed by atoms with Gasteiger partial charge in [0.1, 0.15) is 5.60 Å². The molecule has 9 nitrogen and oxygen atoms in total. The quantitative estimate of drug-likeness (QED) is 0.460. The zero-order chi connectivity index (χ0) is 26.7. The van der Waals surface area contributed by atoms with Crippen molar-refractivity contribution in [3.8, 4) is 0 Å². The summed E-state index contributed by atoms with van der Waals surface area (Å²) in [5.74, 6) is -0.127. The number of nitrogens with one attached hydrogen (secondary N) is 1. The smallest absolute Gasteiger partial charge is 0.410 e. The number of amides is 3. The van der Waals surface area contributed by atoms with Gasteiger partial charge in [-0.25, -0.2) is 4.79 Å². The molecule has 1 N–H and O–H groups in total. The molecule has 1 heterocycles. The van der Waals surface area contributed by atoms with E-state index in [1.54, 1.807) is 11.8 Å². The van der Waals surface area contributed by atoms with Crippen LogP contribution < -0.4 is 5.32 Å². The van der Waals surface area contributed by atoms with Crippen molar-refractivity contribution in [2.45, 2.75) is 65.1 Å². The van der Waals surface area contributed by atoms with Crippen LogP contribution in [0.25, 0.3) is 0 Å². The molecule has 1 saturated heterocycles. The number of carbonyl (C=O) groups excluding carboxylic acids is 3. The molecule has 2 aliphatic rings. The van der Waals surface area contributed by atoms with Crippen LogP contribution in [0.3, 0.4) is 0 Å². The molecule has 3 amide bonds. The number of nitrogens with zero attached hydrogens (tertiary/aromatic N) is 3. The number of rotatable bonds is 10. The number of morpholine rings is 1. The molecule has 1 atom stereocenters. The van der Waals surface area contributed by atoms with Crippen molar-refractivity contribution in [2.75, 3.05) is 53.4 Å². The maximum Gasteiger partial charge on any atom is 0.410 e. The average molecular weight is 505 g/mol. The highest BCUT2D eigenvalue weighted by atomic mass is 16.6. The Morgan fingerprint density at radius 3 is 2.58 bits per heavy atom. The summed E-state index contributed by atoms with van der Waals surface area (Å²) < 4.78 is 11.1. The summed E-state index contributed by atoms with van der Waals surface area (Å²) in [6.45, 7) is 10.1. The SMILES string of the molecule is CC(=O)N(C)CCCCN(C)C1=C(CCNC(=O)[C@@H]2CN(C(=O)OC(C)(C)C)CCO2)CC=CC=C1. The van der Waals surface area contributed by atoms with Gasteiger partial charge < -0.3 is 29.5 Å². The molecule has 0 aromatic carbocycles. The van der Waals surface area contributed by atoms with Gasteiger partial charge in [-0.05, 0) is 58.1 Å². The van der Waals surface area contributed by atoms with Crippen molar-refractivity contribution in [1.29, 1.82) is 0 Å². The van der Waals surface area contributed by atoms with Gasteiger partial charge in [-0.15, -0.1) is 0 Å². The lowest BCUT2D eigenvalue weighted by molar-refractivity contribution is -0.137. The maximum absolute atomic E-state index is 12.8. The molecule has 36 heavy (non-hydrogen) atoms. The van der Waals surface area contributed by atoms with E-state index in [9.17, 15) is 14.4 Å². The van der Waals surface area contributed by atoms with Crippen LogP contribution in [0.4, 0.5) is 4.79 Å². The van der Waals surface area contributed by atoms with E-state index in [-0.39, 0.29) is 18.4 Å². The van der Waals surface area contributed by atoms with E-state index in [0.717, 1.165) is 38.8 Å². The Hall–Kier alpha value is -2.81. The van der Waals surface area contributed by atoms with Crippen LogP contribution in [-0.4, -0.2) is 97.7 Å². The fourth-order valence-corrected chi connectivity index (χ4v) is 4.01. The molecule has 1 aliphatic heterocycles. The maximum atomic E-state index is 12.8. The fraction of sp³-hybridized carbons (Fsp3) is 0.667. The van der Waals surface area contributed by atoms with Crippen molar-refractivity contribution in [2.24, 2.45) is 0 Å². The van der Waals surface area contributed by atoms with Gasteiger partial charge in [0.25, 0.3) is 5.91 Å². The largest absolute Gasteiger partial charge is 0.444 e. The summed E-state index contributed by atoms with van der Waals surface area (Å²) >= 11 is 0. The van der Waals surface area contributed by atoms with Gasteiger partial charge in [0, 0.05) is 52.9 Å². The Morgan fingerprint density at radius 1 is 1.17 bits per heavy atom. The van der Waals surface area contributed by atoms with E-state index in [2.05, 4.69) is 29.4 Å². The predicted octanol–water partition coefficient (Wildman–Crippen LogP) is 3.09. The van der Waals surface area contributed by atoms with Gasteiger partial charge in [-0.3, -0.25) is 9.59 Å². The summed E-state index contributed by atoms with van der Waals surface area (Å²) in [6, 6.07) is 0. The van der Waals surface area contributed by atoms with Gasteiger partial charge in [-0.2, -0.15) is 0 Å². The van der Waals surface area contributed by atoms with Gasteiger partial charge in [0.05, 0.1) is 13.2 Å². The highest BCUT2D eigenvalue weighted by molar-refractivity contribution is 5.82. The van der Waals surface area contributed by atoms with Crippen molar-refractivity contribution >= 4 is 17.9 Å². The Bertz CT molecular complexity index is 859. The summed E-state index contributed by atoms with van der Waals surface area (Å²) in [5.41, 5.74) is 1.83. The first kappa shape index (κ1) is 29.4. The number of ether oxygens (including phenoxy) is 2. The highest BCUT2D eigenvalue weighted by Gasteiger charge is 2.31. The third-order valence-corrected chi connectivity index (χ3v) is 6.15. The van der Waals surface area contributed by atoms with Gasteiger partial charge >= 0.3 is 6.09 Å². The number of hydrogen-bond donors (Lipinski definition) is 1.